The number of anilines is 1. The molecule has 0 radical (unpaired) electrons. The van der Waals surface area contributed by atoms with E-state index in [9.17, 15) is 9.59 Å². The molecule has 0 spiro atoms. The molecule has 0 unspecified atom stereocenters. The molecule has 0 bridgehead atoms. The number of aromatic amines is 1. The van der Waals surface area contributed by atoms with E-state index in [1.54, 1.807) is 12.1 Å². The number of hydrogen-bond acceptors (Lipinski definition) is 3. The van der Waals surface area contributed by atoms with Crippen molar-refractivity contribution in [3.63, 3.8) is 0 Å². The minimum absolute atomic E-state index is 0.267. The van der Waals surface area contributed by atoms with Crippen molar-refractivity contribution in [3.05, 3.63) is 57.0 Å². The molecule has 0 atom stereocenters. The molecular formula is C14H13ClN2O3. The number of halogens is 1. The summed E-state index contributed by atoms with van der Waals surface area (Å²) in [6.07, 6.45) is 1.42. The molecule has 2 N–H and O–H groups in total. The highest BCUT2D eigenvalue weighted by Gasteiger charge is 2.12. The summed E-state index contributed by atoms with van der Waals surface area (Å²) in [5, 5.41) is 3.25. The van der Waals surface area contributed by atoms with Gasteiger partial charge in [0.05, 0.1) is 12.8 Å². The van der Waals surface area contributed by atoms with Crippen LogP contribution in [-0.4, -0.2) is 18.0 Å². The fourth-order valence-electron chi connectivity index (χ4n) is 1.71. The van der Waals surface area contributed by atoms with Gasteiger partial charge in [0.2, 0.25) is 5.56 Å². The van der Waals surface area contributed by atoms with E-state index in [1.165, 1.54) is 25.4 Å². The highest BCUT2D eigenvalue weighted by molar-refractivity contribution is 6.31. The maximum absolute atomic E-state index is 12.1. The van der Waals surface area contributed by atoms with Crippen molar-refractivity contribution in [3.8, 4) is 5.75 Å². The highest BCUT2D eigenvalue weighted by atomic mass is 35.5. The summed E-state index contributed by atoms with van der Waals surface area (Å²) in [6.45, 7) is 1.82. The van der Waals surface area contributed by atoms with Crippen molar-refractivity contribution in [2.24, 2.45) is 0 Å². The average Bonchev–Trinajstić information content (AvgIpc) is 2.42. The molecule has 0 aliphatic carbocycles. The summed E-state index contributed by atoms with van der Waals surface area (Å²) in [4.78, 5) is 25.7. The molecule has 0 saturated carbocycles. The number of hydrogen-bond donors (Lipinski definition) is 2. The molecule has 0 fully saturated rings. The molecule has 2 aromatic rings. The van der Waals surface area contributed by atoms with E-state index in [1.807, 2.05) is 6.92 Å². The van der Waals surface area contributed by atoms with E-state index in [2.05, 4.69) is 10.3 Å². The number of H-pyrrole nitrogens is 1. The lowest BCUT2D eigenvalue weighted by atomic mass is 10.2. The normalized spacial score (nSPS) is 10.2. The summed E-state index contributed by atoms with van der Waals surface area (Å²) in [6, 6.07) is 6.09. The molecule has 20 heavy (non-hydrogen) atoms. The molecule has 2 rings (SSSR count). The van der Waals surface area contributed by atoms with Gasteiger partial charge in [-0.05, 0) is 24.6 Å². The van der Waals surface area contributed by atoms with Gasteiger partial charge >= 0.3 is 0 Å². The van der Waals surface area contributed by atoms with Gasteiger partial charge in [-0.2, -0.15) is 0 Å². The van der Waals surface area contributed by atoms with Crippen LogP contribution in [0.5, 0.6) is 5.75 Å². The van der Waals surface area contributed by atoms with Crippen LogP contribution in [0.2, 0.25) is 5.02 Å². The second-order valence-electron chi connectivity index (χ2n) is 4.20. The highest BCUT2D eigenvalue weighted by Crippen LogP contribution is 2.31. The SMILES string of the molecule is COc1cc(Cl)c(C)cc1NC(=O)c1cc[nH]c(=O)c1. The Hall–Kier alpha value is -2.27. The fraction of sp³-hybridized carbons (Fsp3) is 0.143. The van der Waals surface area contributed by atoms with Crippen molar-refractivity contribution >= 4 is 23.2 Å². The third-order valence-corrected chi connectivity index (χ3v) is 3.17. The Bertz CT molecular complexity index is 710. The van der Waals surface area contributed by atoms with Gasteiger partial charge in [-0.25, -0.2) is 0 Å². The van der Waals surface area contributed by atoms with E-state index < -0.39 is 5.91 Å². The summed E-state index contributed by atoms with van der Waals surface area (Å²) in [5.41, 5.74) is 1.24. The fourth-order valence-corrected chi connectivity index (χ4v) is 1.86. The zero-order valence-corrected chi connectivity index (χ0v) is 11.7. The number of amides is 1. The lowest BCUT2D eigenvalue weighted by molar-refractivity contribution is 0.102. The number of methoxy groups -OCH3 is 1. The van der Waals surface area contributed by atoms with Crippen LogP contribution in [0.3, 0.4) is 0 Å². The molecule has 5 nitrogen and oxygen atoms in total. The first-order chi connectivity index (χ1) is 9.51. The van der Waals surface area contributed by atoms with Gasteiger partial charge in [0, 0.05) is 28.9 Å². The molecule has 6 heteroatoms. The van der Waals surface area contributed by atoms with E-state index in [0.29, 0.717) is 16.5 Å². The van der Waals surface area contributed by atoms with Crippen LogP contribution in [0, 0.1) is 6.92 Å². The summed E-state index contributed by atoms with van der Waals surface area (Å²) < 4.78 is 5.17. The number of benzene rings is 1. The minimum atomic E-state index is -0.392. The van der Waals surface area contributed by atoms with Crippen LogP contribution in [0.4, 0.5) is 5.69 Å². The first kappa shape index (κ1) is 14.1. The zero-order chi connectivity index (χ0) is 14.7. The minimum Gasteiger partial charge on any atom is -0.495 e. The smallest absolute Gasteiger partial charge is 0.256 e. The van der Waals surface area contributed by atoms with Gasteiger partial charge in [0.15, 0.2) is 0 Å². The molecule has 104 valence electrons. The summed E-state index contributed by atoms with van der Waals surface area (Å²) in [5.74, 6) is 0.0647. The van der Waals surface area contributed by atoms with Gasteiger partial charge in [0.25, 0.3) is 5.91 Å². The standard InChI is InChI=1S/C14H13ClN2O3/c1-8-5-11(12(20-2)7-10(8)15)17-14(19)9-3-4-16-13(18)6-9/h3-7H,1-2H3,(H,16,18)(H,17,19). The van der Waals surface area contributed by atoms with Gasteiger partial charge in [0.1, 0.15) is 5.75 Å². The second kappa shape index (κ2) is 5.79. The van der Waals surface area contributed by atoms with Crippen LogP contribution < -0.4 is 15.6 Å². The van der Waals surface area contributed by atoms with Gasteiger partial charge < -0.3 is 15.0 Å². The quantitative estimate of drug-likeness (QED) is 0.913. The number of pyridine rings is 1. The van der Waals surface area contributed by atoms with Crippen LogP contribution in [0.1, 0.15) is 15.9 Å². The van der Waals surface area contributed by atoms with Crippen LogP contribution in [-0.2, 0) is 0 Å². The molecule has 0 aliphatic heterocycles. The third kappa shape index (κ3) is 3.00. The number of nitrogens with one attached hydrogen (secondary N) is 2. The molecule has 1 aromatic carbocycles. The summed E-state index contributed by atoms with van der Waals surface area (Å²) >= 11 is 6.00. The Morgan fingerprint density at radius 2 is 2.10 bits per heavy atom. The average molecular weight is 293 g/mol. The monoisotopic (exact) mass is 292 g/mol. The first-order valence-corrected chi connectivity index (χ1v) is 6.23. The molecule has 1 heterocycles. The number of carbonyl (C=O) groups excluding carboxylic acids is 1. The zero-order valence-electron chi connectivity index (χ0n) is 11.0. The first-order valence-electron chi connectivity index (χ1n) is 5.85. The number of ether oxygens (including phenoxy) is 1. The van der Waals surface area contributed by atoms with Crippen molar-refractivity contribution in [2.75, 3.05) is 12.4 Å². The van der Waals surface area contributed by atoms with Gasteiger partial charge in [-0.15, -0.1) is 0 Å². The maximum atomic E-state index is 12.1. The predicted molar refractivity (Wildman–Crippen MR) is 77.8 cm³/mol. The Labute approximate surface area is 120 Å². The molecule has 0 aliphatic rings. The Morgan fingerprint density at radius 3 is 2.75 bits per heavy atom. The lowest BCUT2D eigenvalue weighted by Gasteiger charge is -2.12. The van der Waals surface area contributed by atoms with Crippen LogP contribution >= 0.6 is 11.6 Å². The lowest BCUT2D eigenvalue weighted by Crippen LogP contribution is -2.16. The van der Waals surface area contributed by atoms with E-state index in [-0.39, 0.29) is 11.1 Å². The molecule has 1 aromatic heterocycles. The predicted octanol–water partition coefficient (Wildman–Crippen LogP) is 2.60. The number of rotatable bonds is 3. The Balaban J connectivity index is 2.32. The van der Waals surface area contributed by atoms with Gasteiger partial charge in [-0.3, -0.25) is 9.59 Å². The third-order valence-electron chi connectivity index (χ3n) is 2.77. The summed E-state index contributed by atoms with van der Waals surface area (Å²) in [7, 11) is 1.49. The van der Waals surface area contributed by atoms with E-state index >= 15 is 0 Å². The van der Waals surface area contributed by atoms with E-state index in [0.717, 1.165) is 5.56 Å². The van der Waals surface area contributed by atoms with Crippen molar-refractivity contribution in [1.29, 1.82) is 0 Å². The number of aryl methyl sites for hydroxylation is 1. The molecular weight excluding hydrogens is 280 g/mol. The van der Waals surface area contributed by atoms with Crippen LogP contribution in [0.15, 0.2) is 35.3 Å². The number of aromatic nitrogens is 1. The Morgan fingerprint density at radius 1 is 1.35 bits per heavy atom. The maximum Gasteiger partial charge on any atom is 0.256 e. The van der Waals surface area contributed by atoms with Crippen molar-refractivity contribution in [1.82, 2.24) is 4.98 Å². The van der Waals surface area contributed by atoms with Crippen LogP contribution in [0.25, 0.3) is 0 Å². The largest absolute Gasteiger partial charge is 0.495 e. The topological polar surface area (TPSA) is 71.2 Å². The van der Waals surface area contributed by atoms with E-state index in [4.69, 9.17) is 16.3 Å². The Kier molecular flexibility index (Phi) is 4.10. The molecule has 0 saturated heterocycles. The van der Waals surface area contributed by atoms with Gasteiger partial charge in [-0.1, -0.05) is 11.6 Å². The molecule has 1 amide bonds. The number of carbonyl (C=O) groups is 1. The van der Waals surface area contributed by atoms with Crippen molar-refractivity contribution in [2.45, 2.75) is 6.92 Å². The van der Waals surface area contributed by atoms with Crippen molar-refractivity contribution < 1.29 is 9.53 Å². The second-order valence-corrected chi connectivity index (χ2v) is 4.60.